The van der Waals surface area contributed by atoms with Crippen molar-refractivity contribution in [2.45, 2.75) is 0 Å². The van der Waals surface area contributed by atoms with Crippen LogP contribution >= 0.6 is 11.3 Å². The van der Waals surface area contributed by atoms with Crippen molar-refractivity contribution in [2.24, 2.45) is 0 Å². The number of anilines is 6. The topological polar surface area (TPSA) is 19.6 Å². The first kappa shape index (κ1) is 34.4. The number of hydrogen-bond donors (Lipinski definition) is 0. The standard InChI is InChI=1S/C56H36N2OS/c1-5-17-38(18-6-1)57(39-19-7-2-8-20-39)42-32-34-48-50(36-42)44-25-13-14-26-45(44)53-49-33-31-37(35-52(49)60-56(48)53)43-27-15-28-46-47-29-16-30-51(55(47)59-54(43)46)58(40-21-9-3-10-22-40)41-23-11-4-12-24-41/h1-36H. The molecule has 0 aliphatic heterocycles. The molecule has 4 heteroatoms. The molecule has 282 valence electrons. The molecule has 0 aliphatic carbocycles. The minimum Gasteiger partial charge on any atom is -0.453 e. The molecule has 0 bridgehead atoms. The molecule has 0 saturated carbocycles. The van der Waals surface area contributed by atoms with E-state index in [2.05, 4.69) is 228 Å². The van der Waals surface area contributed by atoms with E-state index in [1.54, 1.807) is 0 Å². The maximum Gasteiger partial charge on any atom is 0.159 e. The van der Waals surface area contributed by atoms with Crippen LogP contribution in [0.15, 0.2) is 223 Å². The molecule has 60 heavy (non-hydrogen) atoms. The highest BCUT2D eigenvalue weighted by Gasteiger charge is 2.22. The molecular formula is C56H36N2OS. The van der Waals surface area contributed by atoms with Gasteiger partial charge in [-0.1, -0.05) is 146 Å². The minimum atomic E-state index is 0.867. The fourth-order valence-corrected chi connectivity index (χ4v) is 10.4. The maximum atomic E-state index is 7.03. The van der Waals surface area contributed by atoms with E-state index in [9.17, 15) is 0 Å². The average Bonchev–Trinajstić information content (AvgIpc) is 3.90. The number of furan rings is 1. The van der Waals surface area contributed by atoms with Crippen molar-refractivity contribution in [3.63, 3.8) is 0 Å². The summed E-state index contributed by atoms with van der Waals surface area (Å²) in [4.78, 5) is 4.63. The van der Waals surface area contributed by atoms with E-state index >= 15 is 0 Å². The Morgan fingerprint density at radius 1 is 0.333 bits per heavy atom. The molecular weight excluding hydrogens is 749 g/mol. The van der Waals surface area contributed by atoms with Crippen LogP contribution in [0.25, 0.3) is 74.8 Å². The highest BCUT2D eigenvalue weighted by molar-refractivity contribution is 7.27. The molecule has 0 unspecified atom stereocenters. The smallest absolute Gasteiger partial charge is 0.159 e. The zero-order valence-electron chi connectivity index (χ0n) is 32.5. The summed E-state index contributed by atoms with van der Waals surface area (Å²) in [7, 11) is 0. The molecule has 3 nitrogen and oxygen atoms in total. The third kappa shape index (κ3) is 5.49. The monoisotopic (exact) mass is 784 g/mol. The van der Waals surface area contributed by atoms with E-state index in [1.807, 2.05) is 11.3 Å². The number of para-hydroxylation sites is 6. The van der Waals surface area contributed by atoms with Crippen LogP contribution in [0.4, 0.5) is 34.1 Å². The Morgan fingerprint density at radius 3 is 1.52 bits per heavy atom. The van der Waals surface area contributed by atoms with E-state index in [-0.39, 0.29) is 0 Å². The molecule has 0 amide bonds. The maximum absolute atomic E-state index is 7.03. The summed E-state index contributed by atoms with van der Waals surface area (Å²) in [6.07, 6.45) is 0. The summed E-state index contributed by atoms with van der Waals surface area (Å²) in [6, 6.07) is 78.2. The van der Waals surface area contributed by atoms with Gasteiger partial charge in [0.25, 0.3) is 0 Å². The van der Waals surface area contributed by atoms with Crippen molar-refractivity contribution in [1.82, 2.24) is 0 Å². The van der Waals surface area contributed by atoms with Crippen molar-refractivity contribution in [2.75, 3.05) is 9.80 Å². The number of nitrogens with zero attached hydrogens (tertiary/aromatic N) is 2. The Kier molecular flexibility index (Phi) is 8.03. The van der Waals surface area contributed by atoms with E-state index in [0.29, 0.717) is 0 Å². The second kappa shape index (κ2) is 14.0. The lowest BCUT2D eigenvalue weighted by atomic mass is 9.95. The number of thiophene rings is 1. The van der Waals surface area contributed by atoms with Gasteiger partial charge in [0.2, 0.25) is 0 Å². The van der Waals surface area contributed by atoms with Gasteiger partial charge in [0, 0.05) is 70.3 Å². The predicted molar refractivity (Wildman–Crippen MR) is 256 cm³/mol. The summed E-state index contributed by atoms with van der Waals surface area (Å²) < 4.78 is 9.60. The van der Waals surface area contributed by atoms with Crippen molar-refractivity contribution in [3.05, 3.63) is 218 Å². The zero-order valence-corrected chi connectivity index (χ0v) is 33.3. The highest BCUT2D eigenvalue weighted by Crippen LogP contribution is 2.48. The van der Waals surface area contributed by atoms with Crippen molar-refractivity contribution >= 4 is 109 Å². The Morgan fingerprint density at radius 2 is 0.867 bits per heavy atom. The number of benzene rings is 10. The molecule has 0 fully saturated rings. The summed E-state index contributed by atoms with van der Waals surface area (Å²) in [5.41, 5.74) is 10.5. The molecule has 12 aromatic rings. The van der Waals surface area contributed by atoms with Gasteiger partial charge in [0.1, 0.15) is 5.58 Å². The molecule has 0 atom stereocenters. The Hall–Kier alpha value is -7.66. The van der Waals surface area contributed by atoms with Gasteiger partial charge in [0.05, 0.1) is 5.69 Å². The quantitative estimate of drug-likeness (QED) is 0.150. The van der Waals surface area contributed by atoms with Crippen LogP contribution < -0.4 is 9.80 Å². The molecule has 0 radical (unpaired) electrons. The SMILES string of the molecule is c1ccc(N(c2ccccc2)c2ccc3c(c2)c2ccccc2c2c4ccc(-c5cccc6c5oc5c(N(c7ccccc7)c7ccccc7)cccc56)cc4sc32)cc1. The predicted octanol–water partition coefficient (Wildman–Crippen LogP) is 16.9. The summed E-state index contributed by atoms with van der Waals surface area (Å²) >= 11 is 1.88. The number of rotatable bonds is 7. The third-order valence-electron chi connectivity index (χ3n) is 11.8. The van der Waals surface area contributed by atoms with Crippen molar-refractivity contribution < 1.29 is 4.42 Å². The fraction of sp³-hybridized carbons (Fsp3) is 0. The van der Waals surface area contributed by atoms with Gasteiger partial charge in [0.15, 0.2) is 5.58 Å². The lowest BCUT2D eigenvalue weighted by Crippen LogP contribution is -2.09. The van der Waals surface area contributed by atoms with Crippen molar-refractivity contribution in [1.29, 1.82) is 0 Å². The van der Waals surface area contributed by atoms with Gasteiger partial charge >= 0.3 is 0 Å². The van der Waals surface area contributed by atoms with E-state index in [0.717, 1.165) is 67.2 Å². The number of hydrogen-bond acceptors (Lipinski definition) is 4. The van der Waals surface area contributed by atoms with Gasteiger partial charge in [-0.05, 0) is 94.5 Å². The van der Waals surface area contributed by atoms with Gasteiger partial charge in [-0.15, -0.1) is 11.3 Å². The Labute approximate surface area is 351 Å². The molecule has 2 heterocycles. The van der Waals surface area contributed by atoms with Crippen LogP contribution in [0, 0.1) is 0 Å². The molecule has 0 saturated heterocycles. The van der Waals surface area contributed by atoms with Crippen molar-refractivity contribution in [3.8, 4) is 11.1 Å². The summed E-state index contributed by atoms with van der Waals surface area (Å²) in [6.45, 7) is 0. The lowest BCUT2D eigenvalue weighted by Gasteiger charge is -2.26. The molecule has 0 aliphatic rings. The second-order valence-electron chi connectivity index (χ2n) is 15.2. The molecule has 2 aromatic heterocycles. The van der Waals surface area contributed by atoms with Gasteiger partial charge < -0.3 is 14.2 Å². The van der Waals surface area contributed by atoms with Crippen LogP contribution in [0.3, 0.4) is 0 Å². The summed E-state index contributed by atoms with van der Waals surface area (Å²) in [5.74, 6) is 0. The minimum absolute atomic E-state index is 0.867. The second-order valence-corrected chi connectivity index (χ2v) is 16.3. The van der Waals surface area contributed by atoms with Crippen LogP contribution in [-0.4, -0.2) is 0 Å². The molecule has 10 aromatic carbocycles. The van der Waals surface area contributed by atoms with Gasteiger partial charge in [-0.2, -0.15) is 0 Å². The van der Waals surface area contributed by atoms with Crippen LogP contribution in [-0.2, 0) is 0 Å². The molecule has 12 rings (SSSR count). The Balaban J connectivity index is 1.03. The highest BCUT2D eigenvalue weighted by atomic mass is 32.1. The van der Waals surface area contributed by atoms with Crippen LogP contribution in [0.1, 0.15) is 0 Å². The summed E-state index contributed by atoms with van der Waals surface area (Å²) in [5, 5.41) is 9.84. The van der Waals surface area contributed by atoms with E-state index in [1.165, 1.54) is 41.7 Å². The van der Waals surface area contributed by atoms with E-state index < -0.39 is 0 Å². The molecule has 0 spiro atoms. The van der Waals surface area contributed by atoms with Gasteiger partial charge in [-0.3, -0.25) is 0 Å². The van der Waals surface area contributed by atoms with Crippen LogP contribution in [0.2, 0.25) is 0 Å². The Bertz CT molecular complexity index is 3460. The first-order valence-corrected chi connectivity index (χ1v) is 21.2. The normalized spacial score (nSPS) is 11.7. The fourth-order valence-electron chi connectivity index (χ4n) is 9.14. The van der Waals surface area contributed by atoms with Gasteiger partial charge in [-0.25, -0.2) is 0 Å². The first-order chi connectivity index (χ1) is 29.8. The average molecular weight is 785 g/mol. The first-order valence-electron chi connectivity index (χ1n) is 20.3. The molecule has 0 N–H and O–H groups in total. The van der Waals surface area contributed by atoms with E-state index in [4.69, 9.17) is 4.42 Å². The zero-order chi connectivity index (χ0) is 39.6. The number of fused-ring (bicyclic) bond motifs is 11. The lowest BCUT2D eigenvalue weighted by molar-refractivity contribution is 0.670. The third-order valence-corrected chi connectivity index (χ3v) is 13.0. The van der Waals surface area contributed by atoms with Crippen LogP contribution in [0.5, 0.6) is 0 Å². The largest absolute Gasteiger partial charge is 0.453 e.